The third-order valence-electron chi connectivity index (χ3n) is 11.7. The number of fused-ring (bicyclic) bond motifs is 13. The minimum Gasteiger partial charge on any atom is -0.209 e. The first-order valence-electron chi connectivity index (χ1n) is 19.7. The molecule has 1 aliphatic carbocycles. The van der Waals surface area contributed by atoms with Gasteiger partial charge in [0.05, 0.1) is 0 Å². The van der Waals surface area contributed by atoms with Crippen LogP contribution < -0.4 is 0 Å². The molecule has 0 aliphatic heterocycles. The van der Waals surface area contributed by atoms with Crippen LogP contribution in [0.4, 0.5) is 0 Å². The quantitative estimate of drug-likeness (QED) is 0.164. The van der Waals surface area contributed by atoms with Gasteiger partial charge in [-0.25, -0.2) is 15.0 Å². The van der Waals surface area contributed by atoms with Gasteiger partial charge in [-0.15, -0.1) is 11.3 Å². The summed E-state index contributed by atoms with van der Waals surface area (Å²) in [6, 6.07) is 65.3. The molecule has 270 valence electrons. The van der Waals surface area contributed by atoms with E-state index in [1.807, 2.05) is 47.7 Å². The second-order valence-corrected chi connectivity index (χ2v) is 16.1. The Morgan fingerprint density at radius 3 is 1.81 bits per heavy atom. The summed E-state index contributed by atoms with van der Waals surface area (Å²) in [6.07, 6.45) is 3.08. The van der Waals surface area contributed by atoms with Crippen molar-refractivity contribution in [3.05, 3.63) is 210 Å². The first-order valence-corrected chi connectivity index (χ1v) is 20.5. The monoisotopic (exact) mass is 755 g/mol. The largest absolute Gasteiger partial charge is 0.209 e. The van der Waals surface area contributed by atoms with Gasteiger partial charge in [-0.2, -0.15) is 0 Å². The maximum atomic E-state index is 5.10. The van der Waals surface area contributed by atoms with Crippen LogP contribution in [0.15, 0.2) is 182 Å². The molecule has 0 amide bonds. The lowest BCUT2D eigenvalue weighted by Crippen LogP contribution is -2.00. The van der Waals surface area contributed by atoms with Gasteiger partial charge >= 0.3 is 0 Å². The molecular weight excluding hydrogens is 723 g/mol. The van der Waals surface area contributed by atoms with Gasteiger partial charge in [-0.05, 0) is 84.3 Å². The maximum absolute atomic E-state index is 5.10. The van der Waals surface area contributed by atoms with Gasteiger partial charge in [-0.1, -0.05) is 176 Å². The highest BCUT2D eigenvalue weighted by atomic mass is 32.1. The molecule has 0 N–H and O–H groups in total. The van der Waals surface area contributed by atoms with Crippen LogP contribution >= 0.6 is 11.3 Å². The molecule has 0 unspecified atom stereocenters. The van der Waals surface area contributed by atoms with Crippen molar-refractivity contribution in [2.45, 2.75) is 6.42 Å². The van der Waals surface area contributed by atoms with E-state index in [9.17, 15) is 0 Å². The molecule has 4 heteroatoms. The normalized spacial score (nSPS) is 12.9. The molecule has 3 nitrogen and oxygen atoms in total. The molecular formula is C54H33N3S. The topological polar surface area (TPSA) is 38.7 Å². The zero-order valence-electron chi connectivity index (χ0n) is 31.4. The number of nitrogens with zero attached hydrogens (tertiary/aromatic N) is 3. The molecule has 0 bridgehead atoms. The summed E-state index contributed by atoms with van der Waals surface area (Å²) in [5.41, 5.74) is 10.6. The van der Waals surface area contributed by atoms with E-state index < -0.39 is 0 Å². The molecule has 0 spiro atoms. The SMILES string of the molecule is C(=C1/c2ccccc2-c2ccc3c(sc4ccc5ccc6cc(Cc7ccccc7)c7ccccc7c6c5c43)c21)/c1nc(-c2ccccc2)nc(-c2ccccc2)n1. The lowest BCUT2D eigenvalue weighted by atomic mass is 9.89. The summed E-state index contributed by atoms with van der Waals surface area (Å²) in [7, 11) is 0. The molecule has 0 fully saturated rings. The van der Waals surface area contributed by atoms with Crippen LogP contribution in [0, 0.1) is 0 Å². The first-order chi connectivity index (χ1) is 28.7. The van der Waals surface area contributed by atoms with Crippen molar-refractivity contribution in [1.29, 1.82) is 0 Å². The van der Waals surface area contributed by atoms with E-state index in [-0.39, 0.29) is 0 Å². The van der Waals surface area contributed by atoms with Crippen LogP contribution in [0.25, 0.3) is 98.0 Å². The molecule has 2 heterocycles. The fraction of sp³-hybridized carbons (Fsp3) is 0.0185. The van der Waals surface area contributed by atoms with Crippen molar-refractivity contribution in [1.82, 2.24) is 15.0 Å². The minimum absolute atomic E-state index is 0.637. The average molecular weight is 756 g/mol. The highest BCUT2D eigenvalue weighted by Gasteiger charge is 2.28. The highest BCUT2D eigenvalue weighted by molar-refractivity contribution is 7.26. The van der Waals surface area contributed by atoms with Crippen LogP contribution in [-0.4, -0.2) is 15.0 Å². The Balaban J connectivity index is 1.12. The Labute approximate surface area is 339 Å². The van der Waals surface area contributed by atoms with Crippen LogP contribution in [0.5, 0.6) is 0 Å². The second-order valence-electron chi connectivity index (χ2n) is 15.1. The zero-order valence-corrected chi connectivity index (χ0v) is 32.2. The number of benzene rings is 9. The summed E-state index contributed by atoms with van der Waals surface area (Å²) in [4.78, 5) is 15.2. The predicted molar refractivity (Wildman–Crippen MR) is 244 cm³/mol. The van der Waals surface area contributed by atoms with Crippen molar-refractivity contribution in [2.75, 3.05) is 0 Å². The fourth-order valence-corrected chi connectivity index (χ4v) is 10.4. The van der Waals surface area contributed by atoms with Crippen molar-refractivity contribution in [2.24, 2.45) is 0 Å². The van der Waals surface area contributed by atoms with Gasteiger partial charge < -0.3 is 0 Å². The molecule has 1 aliphatic rings. The molecule has 58 heavy (non-hydrogen) atoms. The third-order valence-corrected chi connectivity index (χ3v) is 12.9. The van der Waals surface area contributed by atoms with Crippen molar-refractivity contribution in [3.63, 3.8) is 0 Å². The van der Waals surface area contributed by atoms with Crippen molar-refractivity contribution < 1.29 is 0 Å². The Morgan fingerprint density at radius 2 is 1.07 bits per heavy atom. The molecule has 12 rings (SSSR count). The summed E-state index contributed by atoms with van der Waals surface area (Å²) in [5.74, 6) is 1.95. The number of aromatic nitrogens is 3. The number of hydrogen-bond acceptors (Lipinski definition) is 4. The Kier molecular flexibility index (Phi) is 7.47. The van der Waals surface area contributed by atoms with E-state index in [0.717, 1.165) is 23.1 Å². The third kappa shape index (κ3) is 5.23. The van der Waals surface area contributed by atoms with Gasteiger partial charge in [0, 0.05) is 36.9 Å². The average Bonchev–Trinajstić information content (AvgIpc) is 3.83. The molecule has 0 radical (unpaired) electrons. The molecule has 0 atom stereocenters. The van der Waals surface area contributed by atoms with Gasteiger partial charge in [0.1, 0.15) is 0 Å². The Bertz CT molecular complexity index is 3400. The lowest BCUT2D eigenvalue weighted by molar-refractivity contribution is 1.05. The van der Waals surface area contributed by atoms with Crippen molar-refractivity contribution >= 4 is 75.5 Å². The second kappa shape index (κ2) is 13.2. The fourth-order valence-electron chi connectivity index (χ4n) is 9.13. The van der Waals surface area contributed by atoms with Gasteiger partial charge in [0.2, 0.25) is 0 Å². The van der Waals surface area contributed by atoms with E-state index in [0.29, 0.717) is 17.5 Å². The molecule has 11 aromatic rings. The number of hydrogen-bond donors (Lipinski definition) is 0. The summed E-state index contributed by atoms with van der Waals surface area (Å²) in [5, 5.41) is 10.4. The summed E-state index contributed by atoms with van der Waals surface area (Å²) in [6.45, 7) is 0. The van der Waals surface area contributed by atoms with E-state index in [1.54, 1.807) is 0 Å². The Morgan fingerprint density at radius 1 is 0.448 bits per heavy atom. The van der Waals surface area contributed by atoms with E-state index in [1.165, 1.54) is 85.9 Å². The van der Waals surface area contributed by atoms with E-state index in [4.69, 9.17) is 15.0 Å². The molecule has 9 aromatic carbocycles. The predicted octanol–water partition coefficient (Wildman–Crippen LogP) is 14.2. The van der Waals surface area contributed by atoms with E-state index in [2.05, 4.69) is 152 Å². The number of thiophene rings is 1. The molecule has 0 saturated heterocycles. The highest BCUT2D eigenvalue weighted by Crippen LogP contribution is 2.52. The van der Waals surface area contributed by atoms with Crippen LogP contribution in [0.1, 0.15) is 28.1 Å². The zero-order chi connectivity index (χ0) is 38.2. The summed E-state index contributed by atoms with van der Waals surface area (Å²) >= 11 is 1.89. The number of rotatable bonds is 5. The van der Waals surface area contributed by atoms with Gasteiger partial charge in [-0.3, -0.25) is 0 Å². The minimum atomic E-state index is 0.637. The van der Waals surface area contributed by atoms with Crippen molar-refractivity contribution in [3.8, 4) is 33.9 Å². The smallest absolute Gasteiger partial charge is 0.164 e. The molecule has 2 aromatic heterocycles. The van der Waals surface area contributed by atoms with Crippen LogP contribution in [0.2, 0.25) is 0 Å². The standard InChI is InChI=1S/C54H33N3S/c1-4-14-33(15-5-1)30-38-31-37-25-24-34-26-29-46-51(49(34)48(37)42-23-13-10-20-39(38)42)44-28-27-43-40-21-11-12-22-41(40)45(50(43)52(44)58-46)32-47-55-53(35-16-6-2-7-17-35)57-54(56-47)36-18-8-3-9-19-36/h1-29,31-32H,30H2/b45-32+. The summed E-state index contributed by atoms with van der Waals surface area (Å²) < 4.78 is 2.57. The van der Waals surface area contributed by atoms with Crippen LogP contribution in [-0.2, 0) is 6.42 Å². The Hall–Kier alpha value is -7.27. The lowest BCUT2D eigenvalue weighted by Gasteiger charge is -2.14. The maximum Gasteiger partial charge on any atom is 0.164 e. The van der Waals surface area contributed by atoms with Crippen LogP contribution in [0.3, 0.4) is 0 Å². The van der Waals surface area contributed by atoms with Gasteiger partial charge in [0.25, 0.3) is 0 Å². The van der Waals surface area contributed by atoms with E-state index >= 15 is 0 Å². The van der Waals surface area contributed by atoms with Gasteiger partial charge in [0.15, 0.2) is 17.5 Å². The molecule has 0 saturated carbocycles. The first kappa shape index (κ1) is 32.9.